The molecule has 2 aromatic carbocycles. The molecular formula is C19H17BrFN3O3S. The summed E-state index contributed by atoms with van der Waals surface area (Å²) in [4.78, 5) is 26.1. The molecule has 0 unspecified atom stereocenters. The van der Waals surface area contributed by atoms with E-state index < -0.39 is 11.9 Å². The van der Waals surface area contributed by atoms with E-state index in [1.165, 1.54) is 23.1 Å². The summed E-state index contributed by atoms with van der Waals surface area (Å²) in [7, 11) is 0. The molecule has 0 aromatic heterocycles. The van der Waals surface area contributed by atoms with Crippen LogP contribution in [0, 0.1) is 5.82 Å². The number of rotatable bonds is 5. The lowest BCUT2D eigenvalue weighted by Gasteiger charge is -2.15. The van der Waals surface area contributed by atoms with Gasteiger partial charge in [-0.2, -0.15) is 0 Å². The van der Waals surface area contributed by atoms with E-state index in [1.54, 1.807) is 31.2 Å². The summed E-state index contributed by atoms with van der Waals surface area (Å²) >= 11 is 8.25. The lowest BCUT2D eigenvalue weighted by atomic mass is 10.2. The zero-order chi connectivity index (χ0) is 20.3. The Morgan fingerprint density at radius 2 is 2.07 bits per heavy atom. The lowest BCUT2D eigenvalue weighted by molar-refractivity contribution is 0.143. The predicted molar refractivity (Wildman–Crippen MR) is 114 cm³/mol. The Morgan fingerprint density at radius 1 is 1.29 bits per heavy atom. The molecule has 1 amide bonds. The highest BCUT2D eigenvalue weighted by Gasteiger charge is 2.32. The van der Waals surface area contributed by atoms with Crippen LogP contribution in [0.5, 0.6) is 0 Å². The van der Waals surface area contributed by atoms with Crippen molar-refractivity contribution in [3.8, 4) is 0 Å². The van der Waals surface area contributed by atoms with E-state index in [4.69, 9.17) is 17.0 Å². The molecule has 2 N–H and O–H groups in total. The minimum atomic E-state index is -0.594. The molecule has 1 aliphatic rings. The smallest absolute Gasteiger partial charge is 0.414 e. The number of halogens is 2. The highest BCUT2D eigenvalue weighted by atomic mass is 79.9. The van der Waals surface area contributed by atoms with E-state index in [-0.39, 0.29) is 29.5 Å². The van der Waals surface area contributed by atoms with E-state index in [0.717, 1.165) is 0 Å². The van der Waals surface area contributed by atoms with Crippen molar-refractivity contribution < 1.29 is 13.9 Å². The fourth-order valence-corrected chi connectivity index (χ4v) is 3.15. The number of carbonyl (C=O) groups is 1. The number of anilines is 3. The number of hydrogen-bond acceptors (Lipinski definition) is 5. The number of nitrogens with one attached hydrogen (secondary N) is 2. The van der Waals surface area contributed by atoms with Gasteiger partial charge in [0.25, 0.3) is 0 Å². The number of ether oxygens (including phenoxy) is 1. The fraction of sp³-hybridized carbons (Fsp3) is 0.211. The molecule has 1 saturated heterocycles. The van der Waals surface area contributed by atoms with Crippen molar-refractivity contribution in [2.45, 2.75) is 13.0 Å². The largest absolute Gasteiger partial charge is 0.442 e. The van der Waals surface area contributed by atoms with Crippen molar-refractivity contribution in [3.05, 3.63) is 63.0 Å². The third-order valence-corrected chi connectivity index (χ3v) is 4.67. The van der Waals surface area contributed by atoms with Gasteiger partial charge in [-0.25, -0.2) is 9.18 Å². The van der Waals surface area contributed by atoms with E-state index in [2.05, 4.69) is 26.6 Å². The van der Waals surface area contributed by atoms with E-state index in [0.29, 0.717) is 21.7 Å². The van der Waals surface area contributed by atoms with Gasteiger partial charge in [-0.15, -0.1) is 0 Å². The topological polar surface area (TPSA) is 70.7 Å². The van der Waals surface area contributed by atoms with Crippen LogP contribution < -0.4 is 21.0 Å². The lowest BCUT2D eigenvalue weighted by Crippen LogP contribution is -2.32. The monoisotopic (exact) mass is 465 g/mol. The number of carbonyl (C=O) groups excluding carboxylic acids is 1. The first-order valence-electron chi connectivity index (χ1n) is 8.42. The summed E-state index contributed by atoms with van der Waals surface area (Å²) in [6.45, 7) is 2.42. The first-order chi connectivity index (χ1) is 13.3. The molecule has 0 bridgehead atoms. The maximum atomic E-state index is 14.6. The highest BCUT2D eigenvalue weighted by Crippen LogP contribution is 2.27. The molecule has 1 atom stereocenters. The summed E-state index contributed by atoms with van der Waals surface area (Å²) < 4.78 is 20.6. The van der Waals surface area contributed by atoms with Crippen LogP contribution in [0.15, 0.2) is 51.7 Å². The second-order valence-corrected chi connectivity index (χ2v) is 7.70. The van der Waals surface area contributed by atoms with Crippen molar-refractivity contribution in [3.63, 3.8) is 0 Å². The summed E-state index contributed by atoms with van der Waals surface area (Å²) in [5.74, 6) is -0.594. The molecular weight excluding hydrogens is 449 g/mol. The number of benzene rings is 1. The molecule has 9 heteroatoms. The van der Waals surface area contributed by atoms with Gasteiger partial charge >= 0.3 is 6.09 Å². The van der Waals surface area contributed by atoms with Crippen molar-refractivity contribution in [1.82, 2.24) is 5.32 Å². The normalized spacial score (nSPS) is 15.9. The Morgan fingerprint density at radius 3 is 2.79 bits per heavy atom. The van der Waals surface area contributed by atoms with Gasteiger partial charge in [-0.05, 0) is 43.3 Å². The van der Waals surface area contributed by atoms with Gasteiger partial charge in [0.2, 0.25) is 5.43 Å². The maximum absolute atomic E-state index is 14.6. The number of nitrogens with zero attached hydrogens (tertiary/aromatic N) is 1. The van der Waals surface area contributed by atoms with E-state index in [1.807, 2.05) is 0 Å². The molecule has 0 saturated carbocycles. The quantitative estimate of drug-likeness (QED) is 0.651. The first kappa shape index (κ1) is 20.2. The van der Waals surface area contributed by atoms with Crippen LogP contribution in [-0.2, 0) is 4.74 Å². The van der Waals surface area contributed by atoms with Gasteiger partial charge in [-0.1, -0.05) is 34.2 Å². The Kier molecular flexibility index (Phi) is 6.25. The maximum Gasteiger partial charge on any atom is 0.414 e. The molecule has 6 nitrogen and oxygen atoms in total. The Balaban J connectivity index is 1.77. The second-order valence-electron chi connectivity index (χ2n) is 6.18. The number of cyclic esters (lactones) is 1. The van der Waals surface area contributed by atoms with Crippen LogP contribution in [0.2, 0.25) is 0 Å². The first-order valence-corrected chi connectivity index (χ1v) is 9.62. The van der Waals surface area contributed by atoms with Crippen LogP contribution in [-0.4, -0.2) is 30.3 Å². The van der Waals surface area contributed by atoms with Crippen LogP contribution in [0.4, 0.5) is 26.2 Å². The van der Waals surface area contributed by atoms with Crippen molar-refractivity contribution in [2.24, 2.45) is 0 Å². The second kappa shape index (κ2) is 8.66. The predicted octanol–water partition coefficient (Wildman–Crippen LogP) is 3.95. The minimum Gasteiger partial charge on any atom is -0.442 e. The van der Waals surface area contributed by atoms with Gasteiger partial charge in [0.05, 0.1) is 35.1 Å². The number of thiocarbonyl (C=S) groups is 1. The third kappa shape index (κ3) is 4.85. The average Bonchev–Trinajstić information content (AvgIpc) is 2.93. The zero-order valence-corrected chi connectivity index (χ0v) is 17.3. The van der Waals surface area contributed by atoms with Gasteiger partial charge in [-0.3, -0.25) is 9.69 Å². The van der Waals surface area contributed by atoms with E-state index >= 15 is 0 Å². The molecule has 2 aromatic rings. The van der Waals surface area contributed by atoms with Crippen LogP contribution >= 0.6 is 28.1 Å². The Bertz CT molecular complexity index is 989. The Hall–Kier alpha value is -2.52. The average molecular weight is 466 g/mol. The highest BCUT2D eigenvalue weighted by molar-refractivity contribution is 9.10. The van der Waals surface area contributed by atoms with E-state index in [9.17, 15) is 14.0 Å². The Labute approximate surface area is 174 Å². The van der Waals surface area contributed by atoms with Crippen molar-refractivity contribution in [1.29, 1.82) is 0 Å². The standard InChI is InChI=1S/C19H17BrFN3O3S/c1-11(28)22-9-14-10-24(19(26)27-14)13-5-6-16(15(21)8-13)23-17-7-12(20)3-2-4-18(17)25/h2-8,14H,9-10H2,1H3,(H,22,28)(H,23,25)/t14-/m0/s1. The summed E-state index contributed by atoms with van der Waals surface area (Å²) in [6.07, 6.45) is -0.925. The van der Waals surface area contributed by atoms with Crippen LogP contribution in [0.25, 0.3) is 0 Å². The third-order valence-electron chi connectivity index (χ3n) is 4.04. The molecule has 0 radical (unpaired) electrons. The molecule has 0 spiro atoms. The molecule has 1 fully saturated rings. The molecule has 3 rings (SSSR count). The molecule has 1 aliphatic heterocycles. The molecule has 1 heterocycles. The van der Waals surface area contributed by atoms with Gasteiger partial charge in [0, 0.05) is 4.47 Å². The summed E-state index contributed by atoms with van der Waals surface area (Å²) in [6, 6.07) is 10.6. The minimum absolute atomic E-state index is 0.126. The zero-order valence-electron chi connectivity index (χ0n) is 14.9. The number of hydrogen-bond donors (Lipinski definition) is 2. The van der Waals surface area contributed by atoms with Crippen molar-refractivity contribution >= 4 is 56.3 Å². The fourth-order valence-electron chi connectivity index (χ4n) is 2.69. The van der Waals surface area contributed by atoms with Gasteiger partial charge in [0.1, 0.15) is 11.9 Å². The van der Waals surface area contributed by atoms with Crippen LogP contribution in [0.3, 0.4) is 0 Å². The molecule has 28 heavy (non-hydrogen) atoms. The summed E-state index contributed by atoms with van der Waals surface area (Å²) in [5.41, 5.74) is 0.449. The molecule has 146 valence electrons. The number of amides is 1. The van der Waals surface area contributed by atoms with Crippen LogP contribution in [0.1, 0.15) is 6.92 Å². The summed E-state index contributed by atoms with van der Waals surface area (Å²) in [5, 5.41) is 5.75. The van der Waals surface area contributed by atoms with Gasteiger partial charge < -0.3 is 15.4 Å². The van der Waals surface area contributed by atoms with Gasteiger partial charge in [0.15, 0.2) is 0 Å². The SMILES string of the molecule is CC(=S)NC[C@H]1CN(c2ccc(Nc3cc(Br)cccc3=O)c(F)c2)C(=O)O1. The van der Waals surface area contributed by atoms with Crippen molar-refractivity contribution in [2.75, 3.05) is 23.3 Å². The molecule has 0 aliphatic carbocycles.